The third-order valence-electron chi connectivity index (χ3n) is 6.59. The smallest absolute Gasteiger partial charge is 0.320 e. The highest BCUT2D eigenvalue weighted by Crippen LogP contribution is 2.52. The summed E-state index contributed by atoms with van der Waals surface area (Å²) in [5.41, 5.74) is 0. The Labute approximate surface area is 220 Å². The summed E-state index contributed by atoms with van der Waals surface area (Å²) in [4.78, 5) is 12.5. The summed E-state index contributed by atoms with van der Waals surface area (Å²) in [6, 6.07) is 14.0. The minimum Gasteiger partial charge on any atom is -0.465 e. The Bertz CT molecular complexity index is 1070. The minimum absolute atomic E-state index is 0.0236. The summed E-state index contributed by atoms with van der Waals surface area (Å²) in [7, 11) is -5.64. The Hall–Kier alpha value is -1.67. The van der Waals surface area contributed by atoms with Crippen LogP contribution in [0, 0.1) is 0 Å². The van der Waals surface area contributed by atoms with Gasteiger partial charge in [0.25, 0.3) is 0 Å². The van der Waals surface area contributed by atoms with Crippen molar-refractivity contribution < 1.29 is 27.8 Å². The fourth-order valence-corrected chi connectivity index (χ4v) is 7.33. The van der Waals surface area contributed by atoms with E-state index < -0.39 is 21.8 Å². The first-order valence-electron chi connectivity index (χ1n) is 12.2. The number of esters is 1. The third kappa shape index (κ3) is 7.21. The summed E-state index contributed by atoms with van der Waals surface area (Å²) in [5, 5.41) is 1.14. The molecule has 2 aromatic rings. The van der Waals surface area contributed by atoms with E-state index in [1.54, 1.807) is 60.1 Å². The zero-order valence-corrected chi connectivity index (χ0v) is 24.6. The molecule has 10 heteroatoms. The molecule has 198 valence electrons. The molecule has 0 spiro atoms. The van der Waals surface area contributed by atoms with Crippen molar-refractivity contribution >= 4 is 38.7 Å². The number of ether oxygens (including phenoxy) is 2. The maximum atomic E-state index is 14.3. The summed E-state index contributed by atoms with van der Waals surface area (Å²) in [5.74, 6) is 0.773. The number of hydrogen-bond acceptors (Lipinski definition) is 6. The number of rotatable bonds is 8. The molecule has 2 atom stereocenters. The lowest BCUT2D eigenvalue weighted by Crippen LogP contribution is -2.47. The van der Waals surface area contributed by atoms with Crippen molar-refractivity contribution in [2.45, 2.75) is 58.4 Å². The van der Waals surface area contributed by atoms with Crippen LogP contribution < -0.4 is 10.0 Å². The predicted molar refractivity (Wildman–Crippen MR) is 146 cm³/mol. The van der Waals surface area contributed by atoms with Gasteiger partial charge in [0.2, 0.25) is 0 Å². The van der Waals surface area contributed by atoms with E-state index >= 15 is 0 Å². The Kier molecular flexibility index (Phi) is 9.47. The highest BCUT2D eigenvalue weighted by atomic mass is 35.5. The molecule has 7 nitrogen and oxygen atoms in total. The van der Waals surface area contributed by atoms with Gasteiger partial charge in [-0.3, -0.25) is 9.36 Å². The van der Waals surface area contributed by atoms with Crippen molar-refractivity contribution in [2.24, 2.45) is 0 Å². The van der Waals surface area contributed by atoms with Gasteiger partial charge in [0, 0.05) is 11.6 Å². The maximum Gasteiger partial charge on any atom is 0.320 e. The Morgan fingerprint density at radius 2 is 1.69 bits per heavy atom. The zero-order chi connectivity index (χ0) is 26.6. The van der Waals surface area contributed by atoms with Crippen LogP contribution in [0.5, 0.6) is 11.5 Å². The van der Waals surface area contributed by atoms with Gasteiger partial charge >= 0.3 is 13.5 Å². The second-order valence-electron chi connectivity index (χ2n) is 10.3. The lowest BCUT2D eigenvalue weighted by molar-refractivity contribution is -0.143. The van der Waals surface area contributed by atoms with E-state index in [0.717, 1.165) is 0 Å². The Morgan fingerprint density at radius 3 is 2.25 bits per heavy atom. The second kappa shape index (κ2) is 11.8. The van der Waals surface area contributed by atoms with E-state index in [0.29, 0.717) is 34.8 Å². The van der Waals surface area contributed by atoms with E-state index in [1.807, 2.05) is 0 Å². The quantitative estimate of drug-likeness (QED) is 0.206. The monoisotopic (exact) mass is 553 g/mol. The summed E-state index contributed by atoms with van der Waals surface area (Å²) in [6.45, 7) is 13.3. The highest BCUT2D eigenvalue weighted by Gasteiger charge is 2.44. The molecule has 36 heavy (non-hydrogen) atoms. The normalized spacial score (nSPS) is 21.6. The van der Waals surface area contributed by atoms with Crippen molar-refractivity contribution in [3.8, 4) is 11.5 Å². The van der Waals surface area contributed by atoms with E-state index in [1.165, 1.54) is 0 Å². The molecule has 2 aromatic carbocycles. The first-order valence-corrected chi connectivity index (χ1v) is 17.1. The standard InChI is InChI=1S/C26H37ClNO6PSi/c1-7-31-25(29)19-28-18-23(34-36(5,6)26(2,3)4)16-17-32-35(28,30)24-14-12-22(13-15-24)33-21-10-8-20(27)9-11-21/h8-15,23H,7,16-19H2,1-6H3. The van der Waals surface area contributed by atoms with E-state index in [-0.39, 0.29) is 30.9 Å². The molecule has 0 saturated carbocycles. The highest BCUT2D eigenvalue weighted by molar-refractivity contribution is 7.64. The topological polar surface area (TPSA) is 74.3 Å². The molecule has 1 fully saturated rings. The van der Waals surface area contributed by atoms with E-state index in [2.05, 4.69) is 33.9 Å². The van der Waals surface area contributed by atoms with Gasteiger partial charge in [-0.25, -0.2) is 4.67 Å². The van der Waals surface area contributed by atoms with Gasteiger partial charge in [-0.1, -0.05) is 32.4 Å². The van der Waals surface area contributed by atoms with Crippen LogP contribution in [-0.4, -0.2) is 51.4 Å². The average molecular weight is 554 g/mol. The molecule has 0 radical (unpaired) electrons. The maximum absolute atomic E-state index is 14.3. The molecule has 1 aliphatic heterocycles. The molecule has 0 N–H and O–H groups in total. The minimum atomic E-state index is -3.55. The largest absolute Gasteiger partial charge is 0.465 e. The summed E-state index contributed by atoms with van der Waals surface area (Å²) < 4.78 is 39.6. The fraction of sp³-hybridized carbons (Fsp3) is 0.500. The molecule has 1 aliphatic rings. The number of hydrogen-bond donors (Lipinski definition) is 0. The fourth-order valence-electron chi connectivity index (χ4n) is 3.61. The number of halogens is 1. The number of carbonyl (C=O) groups excluding carboxylic acids is 1. The molecular formula is C26H37ClNO6PSi. The van der Waals surface area contributed by atoms with Gasteiger partial charge < -0.3 is 18.4 Å². The van der Waals surface area contributed by atoms with Crippen LogP contribution in [0.3, 0.4) is 0 Å². The van der Waals surface area contributed by atoms with Crippen LogP contribution in [0.15, 0.2) is 48.5 Å². The molecule has 1 saturated heterocycles. The first-order chi connectivity index (χ1) is 16.8. The predicted octanol–water partition coefficient (Wildman–Crippen LogP) is 6.63. The molecule has 3 rings (SSSR count). The third-order valence-corrected chi connectivity index (χ3v) is 13.9. The van der Waals surface area contributed by atoms with Crippen LogP contribution in [0.25, 0.3) is 0 Å². The second-order valence-corrected chi connectivity index (χ2v) is 17.9. The summed E-state index contributed by atoms with van der Waals surface area (Å²) in [6.07, 6.45) is 0.386. The molecule has 0 bridgehead atoms. The molecule has 0 aliphatic carbocycles. The molecule has 0 aromatic heterocycles. The van der Waals surface area contributed by atoms with Crippen molar-refractivity contribution in [3.05, 3.63) is 53.6 Å². The van der Waals surface area contributed by atoms with E-state index in [4.69, 9.17) is 30.0 Å². The van der Waals surface area contributed by atoms with Crippen LogP contribution in [0.4, 0.5) is 0 Å². The van der Waals surface area contributed by atoms with Gasteiger partial charge in [0.05, 0.1) is 24.6 Å². The van der Waals surface area contributed by atoms with Crippen molar-refractivity contribution in [3.63, 3.8) is 0 Å². The van der Waals surface area contributed by atoms with Gasteiger partial charge in [0.1, 0.15) is 18.0 Å². The molecular weight excluding hydrogens is 517 g/mol. The SMILES string of the molecule is CCOC(=O)CN1CC(O[Si](C)(C)C(C)(C)C)CCOP1(=O)c1ccc(Oc2ccc(Cl)cc2)cc1. The van der Waals surface area contributed by atoms with Crippen LogP contribution in [-0.2, 0) is 23.0 Å². The summed E-state index contributed by atoms with van der Waals surface area (Å²) >= 11 is 5.94. The Morgan fingerprint density at radius 1 is 1.11 bits per heavy atom. The van der Waals surface area contributed by atoms with Crippen LogP contribution in [0.1, 0.15) is 34.1 Å². The lowest BCUT2D eigenvalue weighted by atomic mass is 10.2. The van der Waals surface area contributed by atoms with Crippen molar-refractivity contribution in [1.29, 1.82) is 0 Å². The van der Waals surface area contributed by atoms with Gasteiger partial charge in [-0.2, -0.15) is 0 Å². The Balaban J connectivity index is 1.85. The first kappa shape index (κ1) is 28.9. The zero-order valence-electron chi connectivity index (χ0n) is 22.0. The molecule has 2 unspecified atom stereocenters. The lowest BCUT2D eigenvalue weighted by Gasteiger charge is -2.40. The van der Waals surface area contributed by atoms with Gasteiger partial charge in [0.15, 0.2) is 8.32 Å². The number of nitrogens with zero attached hydrogens (tertiary/aromatic N) is 1. The molecule has 0 amide bonds. The van der Waals surface area contributed by atoms with Gasteiger partial charge in [-0.15, -0.1) is 0 Å². The van der Waals surface area contributed by atoms with Crippen molar-refractivity contribution in [2.75, 3.05) is 26.3 Å². The average Bonchev–Trinajstić information content (AvgIpc) is 2.94. The van der Waals surface area contributed by atoms with Crippen LogP contribution in [0.2, 0.25) is 23.2 Å². The van der Waals surface area contributed by atoms with Gasteiger partial charge in [-0.05, 0) is 80.0 Å². The van der Waals surface area contributed by atoms with E-state index in [9.17, 15) is 9.36 Å². The van der Waals surface area contributed by atoms with Crippen LogP contribution >= 0.6 is 19.1 Å². The number of carbonyl (C=O) groups is 1. The van der Waals surface area contributed by atoms with Crippen molar-refractivity contribution in [1.82, 2.24) is 4.67 Å². The number of benzene rings is 2. The molecule has 1 heterocycles.